The predicted octanol–water partition coefficient (Wildman–Crippen LogP) is 2.82. The number of hydrogen-bond acceptors (Lipinski definition) is 3. The van der Waals surface area contributed by atoms with Crippen LogP contribution in [0.25, 0.3) is 11.3 Å². The van der Waals surface area contributed by atoms with E-state index in [2.05, 4.69) is 20.6 Å². The zero-order chi connectivity index (χ0) is 16.6. The van der Waals surface area contributed by atoms with Crippen LogP contribution in [0.5, 0.6) is 0 Å². The molecular weight excluding hydrogens is 297 g/mol. The number of amides is 1. The minimum absolute atomic E-state index is 0.127. The fourth-order valence-electron chi connectivity index (χ4n) is 2.46. The molecule has 1 aromatic carbocycles. The number of nitrogens with one attached hydrogen (secondary N) is 2. The topological polar surface area (TPSA) is 75.6 Å². The van der Waals surface area contributed by atoms with Gasteiger partial charge in [0.15, 0.2) is 0 Å². The summed E-state index contributed by atoms with van der Waals surface area (Å²) in [7, 11) is 1.85. The van der Waals surface area contributed by atoms with E-state index >= 15 is 0 Å². The number of para-hydroxylation sites is 1. The lowest BCUT2D eigenvalue weighted by atomic mass is 10.1. The smallest absolute Gasteiger partial charge is 0.273 e. The monoisotopic (exact) mass is 313 g/mol. The minimum Gasteiger partial charge on any atom is -0.318 e. The molecule has 0 atom stereocenters. The van der Waals surface area contributed by atoms with E-state index < -0.39 is 11.7 Å². The van der Waals surface area contributed by atoms with E-state index in [1.807, 2.05) is 20.9 Å². The van der Waals surface area contributed by atoms with Crippen molar-refractivity contribution in [2.45, 2.75) is 13.8 Å². The van der Waals surface area contributed by atoms with Crippen LogP contribution in [0.15, 0.2) is 30.3 Å². The van der Waals surface area contributed by atoms with Gasteiger partial charge in [0.1, 0.15) is 11.5 Å². The van der Waals surface area contributed by atoms with Crippen LogP contribution >= 0.6 is 0 Å². The molecule has 0 aliphatic rings. The molecule has 0 radical (unpaired) electrons. The molecule has 2 heterocycles. The Morgan fingerprint density at radius 2 is 2.04 bits per heavy atom. The molecule has 2 N–H and O–H groups in total. The largest absolute Gasteiger partial charge is 0.318 e. The lowest BCUT2D eigenvalue weighted by Crippen LogP contribution is -2.13. The highest BCUT2D eigenvalue weighted by Gasteiger charge is 2.17. The molecule has 0 fully saturated rings. The zero-order valence-corrected chi connectivity index (χ0v) is 13.0. The normalized spacial score (nSPS) is 10.8. The highest BCUT2D eigenvalue weighted by atomic mass is 19.1. The van der Waals surface area contributed by atoms with Gasteiger partial charge in [0.05, 0.1) is 17.1 Å². The molecule has 0 spiro atoms. The number of carbonyl (C=O) groups excluding carboxylic acids is 1. The Bertz CT molecular complexity index is 880. The van der Waals surface area contributed by atoms with Crippen molar-refractivity contribution >= 4 is 11.6 Å². The quantitative estimate of drug-likeness (QED) is 0.780. The summed E-state index contributed by atoms with van der Waals surface area (Å²) >= 11 is 0. The summed E-state index contributed by atoms with van der Waals surface area (Å²) in [6, 6.07) is 7.64. The van der Waals surface area contributed by atoms with Crippen molar-refractivity contribution in [1.29, 1.82) is 0 Å². The molecule has 23 heavy (non-hydrogen) atoms. The SMILES string of the molecule is Cc1nn(C)c(C)c1-c1cc(C(=O)Nc2ccccc2F)[nH]n1. The van der Waals surface area contributed by atoms with Gasteiger partial charge in [-0.1, -0.05) is 12.1 Å². The summed E-state index contributed by atoms with van der Waals surface area (Å²) in [4.78, 5) is 12.2. The van der Waals surface area contributed by atoms with Crippen molar-refractivity contribution in [3.63, 3.8) is 0 Å². The van der Waals surface area contributed by atoms with Gasteiger partial charge >= 0.3 is 0 Å². The number of halogens is 1. The number of hydrogen-bond donors (Lipinski definition) is 2. The van der Waals surface area contributed by atoms with Gasteiger partial charge in [0.2, 0.25) is 0 Å². The summed E-state index contributed by atoms with van der Waals surface area (Å²) in [5.41, 5.74) is 3.68. The Morgan fingerprint density at radius 1 is 1.30 bits per heavy atom. The average Bonchev–Trinajstić information content (AvgIpc) is 3.07. The molecule has 2 aromatic heterocycles. The van der Waals surface area contributed by atoms with E-state index in [-0.39, 0.29) is 11.4 Å². The number of aryl methyl sites for hydroxylation is 2. The van der Waals surface area contributed by atoms with Gasteiger partial charge in [-0.3, -0.25) is 14.6 Å². The number of anilines is 1. The summed E-state index contributed by atoms with van der Waals surface area (Å²) in [5, 5.41) is 13.7. The first-order valence-corrected chi connectivity index (χ1v) is 7.09. The van der Waals surface area contributed by atoms with E-state index in [9.17, 15) is 9.18 Å². The number of aromatic amines is 1. The first-order valence-electron chi connectivity index (χ1n) is 7.09. The van der Waals surface area contributed by atoms with Gasteiger partial charge in [-0.2, -0.15) is 10.2 Å². The van der Waals surface area contributed by atoms with Crippen molar-refractivity contribution in [2.24, 2.45) is 7.05 Å². The number of nitrogens with zero attached hydrogens (tertiary/aromatic N) is 3. The van der Waals surface area contributed by atoms with E-state index in [0.29, 0.717) is 5.69 Å². The highest BCUT2D eigenvalue weighted by Crippen LogP contribution is 2.25. The van der Waals surface area contributed by atoms with Gasteiger partial charge < -0.3 is 5.32 Å². The van der Waals surface area contributed by atoms with Crippen LogP contribution in [-0.4, -0.2) is 25.9 Å². The third-order valence-electron chi connectivity index (χ3n) is 3.71. The lowest BCUT2D eigenvalue weighted by Gasteiger charge is -2.03. The molecule has 0 saturated carbocycles. The second-order valence-electron chi connectivity index (χ2n) is 5.27. The minimum atomic E-state index is -0.487. The summed E-state index contributed by atoms with van der Waals surface area (Å²) < 4.78 is 15.4. The standard InChI is InChI=1S/C16H16FN5O/c1-9-15(10(2)22(3)21-9)13-8-14(20-19-13)16(23)18-12-7-5-4-6-11(12)17/h4-8H,1-3H3,(H,18,23)(H,19,20). The number of benzene rings is 1. The van der Waals surface area contributed by atoms with Crippen LogP contribution in [0.4, 0.5) is 10.1 Å². The second-order valence-corrected chi connectivity index (χ2v) is 5.27. The predicted molar refractivity (Wildman–Crippen MR) is 84.6 cm³/mol. The Hall–Kier alpha value is -2.96. The van der Waals surface area contributed by atoms with Crippen LogP contribution < -0.4 is 5.32 Å². The van der Waals surface area contributed by atoms with Gasteiger partial charge in [-0.25, -0.2) is 4.39 Å². The first kappa shape index (κ1) is 15.0. The molecular formula is C16H16FN5O. The Labute approximate surface area is 132 Å². The molecule has 6 nitrogen and oxygen atoms in total. The number of carbonyl (C=O) groups is 1. The number of rotatable bonds is 3. The third-order valence-corrected chi connectivity index (χ3v) is 3.71. The molecule has 0 bridgehead atoms. The summed E-state index contributed by atoms with van der Waals surface area (Å²) in [6.07, 6.45) is 0. The number of aromatic nitrogens is 4. The third kappa shape index (κ3) is 2.73. The van der Waals surface area contributed by atoms with E-state index in [1.54, 1.807) is 22.9 Å². The van der Waals surface area contributed by atoms with Crippen LogP contribution in [0, 0.1) is 19.7 Å². The van der Waals surface area contributed by atoms with Gasteiger partial charge in [-0.15, -0.1) is 0 Å². The number of H-pyrrole nitrogens is 1. The summed E-state index contributed by atoms with van der Waals surface area (Å²) in [6.45, 7) is 3.82. The van der Waals surface area contributed by atoms with Crippen molar-refractivity contribution in [2.75, 3.05) is 5.32 Å². The van der Waals surface area contributed by atoms with Crippen molar-refractivity contribution < 1.29 is 9.18 Å². The van der Waals surface area contributed by atoms with Gasteiger partial charge in [0, 0.05) is 18.3 Å². The fraction of sp³-hybridized carbons (Fsp3) is 0.188. The molecule has 3 rings (SSSR count). The maximum atomic E-state index is 13.6. The zero-order valence-electron chi connectivity index (χ0n) is 13.0. The molecule has 0 saturated heterocycles. The van der Waals surface area contributed by atoms with Crippen LogP contribution in [-0.2, 0) is 7.05 Å². The maximum absolute atomic E-state index is 13.6. The van der Waals surface area contributed by atoms with Gasteiger partial charge in [-0.05, 0) is 32.0 Å². The van der Waals surface area contributed by atoms with Crippen LogP contribution in [0.1, 0.15) is 21.9 Å². The Kier molecular flexibility index (Phi) is 3.69. The molecule has 3 aromatic rings. The lowest BCUT2D eigenvalue weighted by molar-refractivity contribution is 0.102. The fourth-order valence-corrected chi connectivity index (χ4v) is 2.46. The molecule has 1 amide bonds. The summed E-state index contributed by atoms with van der Waals surface area (Å²) in [5.74, 6) is -0.937. The molecule has 0 aliphatic heterocycles. The molecule has 7 heteroatoms. The van der Waals surface area contributed by atoms with Crippen molar-refractivity contribution in [1.82, 2.24) is 20.0 Å². The van der Waals surface area contributed by atoms with Crippen molar-refractivity contribution in [3.05, 3.63) is 53.2 Å². The maximum Gasteiger partial charge on any atom is 0.273 e. The molecule has 0 unspecified atom stereocenters. The van der Waals surface area contributed by atoms with Crippen LogP contribution in [0.3, 0.4) is 0 Å². The Balaban J connectivity index is 1.87. The second kappa shape index (κ2) is 5.68. The van der Waals surface area contributed by atoms with Crippen molar-refractivity contribution in [3.8, 4) is 11.3 Å². The average molecular weight is 313 g/mol. The molecule has 118 valence electrons. The molecule has 0 aliphatic carbocycles. The van der Waals surface area contributed by atoms with E-state index in [4.69, 9.17) is 0 Å². The van der Waals surface area contributed by atoms with E-state index in [0.717, 1.165) is 17.0 Å². The van der Waals surface area contributed by atoms with E-state index in [1.165, 1.54) is 12.1 Å². The first-order chi connectivity index (χ1) is 11.0. The Morgan fingerprint density at radius 3 is 2.70 bits per heavy atom. The van der Waals surface area contributed by atoms with Crippen LogP contribution in [0.2, 0.25) is 0 Å². The highest BCUT2D eigenvalue weighted by molar-refractivity contribution is 6.03. The van der Waals surface area contributed by atoms with Gasteiger partial charge in [0.25, 0.3) is 5.91 Å².